The van der Waals surface area contributed by atoms with Crippen molar-refractivity contribution in [1.29, 1.82) is 0 Å². The molecule has 1 N–H and O–H groups in total. The van der Waals surface area contributed by atoms with Crippen molar-refractivity contribution >= 4 is 33.5 Å². The largest absolute Gasteiger partial charge is 0.488 e. The Labute approximate surface area is 174 Å². The SMILES string of the molecule is CC(C)C(C)(c1ccc(I)cc1)c1c[nH]c2cc(OC3CCOC3)ccc12. The molecule has 0 bridgehead atoms. The lowest BCUT2D eigenvalue weighted by molar-refractivity contribution is 0.141. The summed E-state index contributed by atoms with van der Waals surface area (Å²) >= 11 is 2.36. The zero-order chi connectivity index (χ0) is 19.0. The van der Waals surface area contributed by atoms with E-state index in [9.17, 15) is 0 Å². The van der Waals surface area contributed by atoms with Gasteiger partial charge in [0.05, 0.1) is 13.2 Å². The fraction of sp³-hybridized carbons (Fsp3) is 0.391. The smallest absolute Gasteiger partial charge is 0.124 e. The predicted octanol–water partition coefficient (Wildman–Crippen LogP) is 5.90. The van der Waals surface area contributed by atoms with Crippen LogP contribution >= 0.6 is 22.6 Å². The molecule has 1 aromatic heterocycles. The van der Waals surface area contributed by atoms with Crippen molar-refractivity contribution in [3.8, 4) is 5.75 Å². The monoisotopic (exact) mass is 475 g/mol. The lowest BCUT2D eigenvalue weighted by Crippen LogP contribution is -2.29. The van der Waals surface area contributed by atoms with Gasteiger partial charge in [0.15, 0.2) is 0 Å². The molecule has 3 nitrogen and oxygen atoms in total. The van der Waals surface area contributed by atoms with Gasteiger partial charge in [0.2, 0.25) is 0 Å². The van der Waals surface area contributed by atoms with Gasteiger partial charge >= 0.3 is 0 Å². The van der Waals surface area contributed by atoms with Crippen LogP contribution in [0.15, 0.2) is 48.7 Å². The first-order valence-electron chi connectivity index (χ1n) is 9.60. The van der Waals surface area contributed by atoms with Crippen molar-refractivity contribution < 1.29 is 9.47 Å². The third kappa shape index (κ3) is 3.49. The fourth-order valence-corrected chi connectivity index (χ4v) is 4.36. The maximum absolute atomic E-state index is 6.08. The molecule has 27 heavy (non-hydrogen) atoms. The van der Waals surface area contributed by atoms with Crippen LogP contribution in [0.2, 0.25) is 0 Å². The number of benzene rings is 2. The van der Waals surface area contributed by atoms with Crippen LogP contribution in [0.25, 0.3) is 10.9 Å². The number of fused-ring (bicyclic) bond motifs is 1. The quantitative estimate of drug-likeness (QED) is 0.466. The van der Waals surface area contributed by atoms with E-state index < -0.39 is 0 Å². The molecule has 4 heteroatoms. The van der Waals surface area contributed by atoms with Gasteiger partial charge in [-0.1, -0.05) is 32.9 Å². The van der Waals surface area contributed by atoms with Gasteiger partial charge in [-0.3, -0.25) is 0 Å². The number of aromatic nitrogens is 1. The minimum Gasteiger partial charge on any atom is -0.488 e. The summed E-state index contributed by atoms with van der Waals surface area (Å²) in [5.74, 6) is 1.37. The molecule has 2 aromatic carbocycles. The minimum atomic E-state index is -0.0652. The van der Waals surface area contributed by atoms with Gasteiger partial charge < -0.3 is 14.5 Å². The van der Waals surface area contributed by atoms with Crippen molar-refractivity contribution in [1.82, 2.24) is 4.98 Å². The molecular formula is C23H26INO2. The fourth-order valence-electron chi connectivity index (χ4n) is 4.00. The first-order valence-corrected chi connectivity index (χ1v) is 10.7. The Kier molecular flexibility index (Phi) is 5.21. The highest BCUT2D eigenvalue weighted by atomic mass is 127. The Morgan fingerprint density at radius 3 is 2.63 bits per heavy atom. The molecule has 2 heterocycles. The molecule has 1 saturated heterocycles. The lowest BCUT2D eigenvalue weighted by atomic mass is 9.68. The van der Waals surface area contributed by atoms with E-state index in [1.54, 1.807) is 0 Å². The Morgan fingerprint density at radius 1 is 1.19 bits per heavy atom. The summed E-state index contributed by atoms with van der Waals surface area (Å²) in [7, 11) is 0. The van der Waals surface area contributed by atoms with Crippen molar-refractivity contribution in [2.24, 2.45) is 5.92 Å². The van der Waals surface area contributed by atoms with Gasteiger partial charge in [0.1, 0.15) is 11.9 Å². The van der Waals surface area contributed by atoms with Gasteiger partial charge in [-0.05, 0) is 63.9 Å². The van der Waals surface area contributed by atoms with Crippen molar-refractivity contribution in [3.63, 3.8) is 0 Å². The molecule has 2 atom stereocenters. The van der Waals surface area contributed by atoms with E-state index in [-0.39, 0.29) is 11.5 Å². The Morgan fingerprint density at radius 2 is 1.96 bits per heavy atom. The van der Waals surface area contributed by atoms with Crippen LogP contribution in [0.4, 0.5) is 0 Å². The van der Waals surface area contributed by atoms with Gasteiger partial charge in [0.25, 0.3) is 0 Å². The van der Waals surface area contributed by atoms with Crippen LogP contribution in [0.5, 0.6) is 5.75 Å². The number of hydrogen-bond acceptors (Lipinski definition) is 2. The number of H-pyrrole nitrogens is 1. The summed E-state index contributed by atoms with van der Waals surface area (Å²) in [5.41, 5.74) is 3.75. The first-order chi connectivity index (χ1) is 13.0. The van der Waals surface area contributed by atoms with E-state index in [1.165, 1.54) is 20.1 Å². The summed E-state index contributed by atoms with van der Waals surface area (Å²) in [5, 5.41) is 1.26. The molecule has 142 valence electrons. The number of hydrogen-bond donors (Lipinski definition) is 1. The summed E-state index contributed by atoms with van der Waals surface area (Å²) in [4.78, 5) is 3.48. The van der Waals surface area contributed by atoms with Gasteiger partial charge in [0, 0.05) is 38.6 Å². The average molecular weight is 475 g/mol. The molecule has 2 unspecified atom stereocenters. The second kappa shape index (κ2) is 7.47. The Bertz CT molecular complexity index is 925. The standard InChI is InChI=1S/C23H26INO2/c1-15(2)23(3,16-4-6-17(24)7-5-16)21-13-25-22-12-18(8-9-20(21)22)27-19-10-11-26-14-19/h4-9,12-13,15,19,25H,10-11,14H2,1-3H3. The van der Waals surface area contributed by atoms with E-state index in [0.29, 0.717) is 12.5 Å². The van der Waals surface area contributed by atoms with Gasteiger partial charge in [-0.25, -0.2) is 0 Å². The molecule has 4 rings (SSSR count). The van der Waals surface area contributed by atoms with Gasteiger partial charge in [-0.2, -0.15) is 0 Å². The van der Waals surface area contributed by atoms with Crippen molar-refractivity contribution in [2.75, 3.05) is 13.2 Å². The minimum absolute atomic E-state index is 0.0652. The summed E-state index contributed by atoms with van der Waals surface area (Å²) in [6.45, 7) is 8.43. The van der Waals surface area contributed by atoms with Crippen molar-refractivity contribution in [2.45, 2.75) is 38.7 Å². The molecule has 0 radical (unpaired) electrons. The molecule has 3 aromatic rings. The van der Waals surface area contributed by atoms with E-state index in [0.717, 1.165) is 24.3 Å². The van der Waals surface area contributed by atoms with Crippen LogP contribution in [-0.4, -0.2) is 24.3 Å². The molecule has 0 aliphatic carbocycles. The number of aromatic amines is 1. The molecule has 0 amide bonds. The normalized spacial score (nSPS) is 19.5. The number of halogens is 1. The molecule has 1 fully saturated rings. The summed E-state index contributed by atoms with van der Waals surface area (Å²) in [6.07, 6.45) is 3.31. The second-order valence-electron chi connectivity index (χ2n) is 7.88. The Hall–Kier alpha value is -1.53. The van der Waals surface area contributed by atoms with Crippen LogP contribution in [0.1, 0.15) is 38.3 Å². The van der Waals surface area contributed by atoms with Crippen molar-refractivity contribution in [3.05, 3.63) is 63.4 Å². The van der Waals surface area contributed by atoms with Crippen LogP contribution in [-0.2, 0) is 10.2 Å². The summed E-state index contributed by atoms with van der Waals surface area (Å²) in [6, 6.07) is 15.3. The zero-order valence-corrected chi connectivity index (χ0v) is 18.2. The lowest BCUT2D eigenvalue weighted by Gasteiger charge is -2.34. The second-order valence-corrected chi connectivity index (χ2v) is 9.12. The average Bonchev–Trinajstić information content (AvgIpc) is 3.31. The third-order valence-corrected chi connectivity index (χ3v) is 6.72. The molecule has 1 aliphatic heterocycles. The highest BCUT2D eigenvalue weighted by molar-refractivity contribution is 14.1. The first kappa shape index (κ1) is 18.8. The Balaban J connectivity index is 1.73. The zero-order valence-electron chi connectivity index (χ0n) is 16.1. The van der Waals surface area contributed by atoms with Crippen LogP contribution < -0.4 is 4.74 Å². The highest BCUT2D eigenvalue weighted by Crippen LogP contribution is 2.42. The van der Waals surface area contributed by atoms with E-state index >= 15 is 0 Å². The predicted molar refractivity (Wildman–Crippen MR) is 119 cm³/mol. The third-order valence-electron chi connectivity index (χ3n) is 6.00. The summed E-state index contributed by atoms with van der Waals surface area (Å²) < 4.78 is 12.8. The van der Waals surface area contributed by atoms with E-state index in [2.05, 4.69) is 97.0 Å². The topological polar surface area (TPSA) is 34.2 Å². The van der Waals surface area contributed by atoms with E-state index in [4.69, 9.17) is 9.47 Å². The molecule has 0 saturated carbocycles. The number of nitrogens with one attached hydrogen (secondary N) is 1. The van der Waals surface area contributed by atoms with Crippen LogP contribution in [0.3, 0.4) is 0 Å². The highest BCUT2D eigenvalue weighted by Gasteiger charge is 2.34. The van der Waals surface area contributed by atoms with Crippen LogP contribution in [0, 0.1) is 9.49 Å². The maximum Gasteiger partial charge on any atom is 0.124 e. The molecule has 0 spiro atoms. The molecular weight excluding hydrogens is 449 g/mol. The number of ether oxygens (including phenoxy) is 2. The number of rotatable bonds is 5. The maximum atomic E-state index is 6.08. The molecule has 1 aliphatic rings. The van der Waals surface area contributed by atoms with Gasteiger partial charge in [-0.15, -0.1) is 0 Å². The van der Waals surface area contributed by atoms with E-state index in [1.807, 2.05) is 0 Å².